The second-order valence-corrected chi connectivity index (χ2v) is 4.05. The zero-order valence-electron chi connectivity index (χ0n) is 9.89. The van der Waals surface area contributed by atoms with E-state index in [9.17, 15) is 4.39 Å². The fourth-order valence-corrected chi connectivity index (χ4v) is 1.77. The van der Waals surface area contributed by atoms with Gasteiger partial charge >= 0.3 is 0 Å². The molecule has 0 radical (unpaired) electrons. The number of hydrogen-bond donors (Lipinski definition) is 1. The van der Waals surface area contributed by atoms with E-state index in [4.69, 9.17) is 5.73 Å². The first-order valence-corrected chi connectivity index (χ1v) is 5.30. The van der Waals surface area contributed by atoms with Crippen molar-refractivity contribution in [3.63, 3.8) is 0 Å². The van der Waals surface area contributed by atoms with E-state index in [1.807, 2.05) is 25.2 Å². The summed E-state index contributed by atoms with van der Waals surface area (Å²) in [6.45, 7) is 0.640. The van der Waals surface area contributed by atoms with E-state index < -0.39 is 0 Å². The maximum Gasteiger partial charge on any atom is 0.148 e. The smallest absolute Gasteiger partial charge is 0.148 e. The summed E-state index contributed by atoms with van der Waals surface area (Å²) in [4.78, 5) is 1.90. The average Bonchev–Trinajstić information content (AvgIpc) is 2.68. The van der Waals surface area contributed by atoms with Crippen LogP contribution in [0.5, 0.6) is 0 Å². The molecule has 90 valence electrons. The molecule has 2 N–H and O–H groups in total. The molecule has 0 unspecified atom stereocenters. The molecule has 0 aliphatic carbocycles. The van der Waals surface area contributed by atoms with Gasteiger partial charge in [0.25, 0.3) is 0 Å². The monoisotopic (exact) mass is 234 g/mol. The van der Waals surface area contributed by atoms with Crippen molar-refractivity contribution in [1.29, 1.82) is 0 Å². The highest BCUT2D eigenvalue weighted by atomic mass is 19.1. The fourth-order valence-electron chi connectivity index (χ4n) is 1.77. The van der Waals surface area contributed by atoms with E-state index in [1.165, 1.54) is 6.07 Å². The Morgan fingerprint density at radius 3 is 2.88 bits per heavy atom. The molecule has 1 heterocycles. The zero-order valence-corrected chi connectivity index (χ0v) is 9.89. The second-order valence-electron chi connectivity index (χ2n) is 4.05. The summed E-state index contributed by atoms with van der Waals surface area (Å²) in [5, 5.41) is 4.09. The third-order valence-corrected chi connectivity index (χ3v) is 2.62. The van der Waals surface area contributed by atoms with Gasteiger partial charge in [-0.1, -0.05) is 6.07 Å². The Balaban J connectivity index is 2.20. The van der Waals surface area contributed by atoms with Gasteiger partial charge in [-0.3, -0.25) is 4.68 Å². The minimum absolute atomic E-state index is 0.180. The van der Waals surface area contributed by atoms with Crippen LogP contribution in [0.25, 0.3) is 0 Å². The van der Waals surface area contributed by atoms with Crippen LogP contribution in [-0.2, 0) is 13.6 Å². The minimum Gasteiger partial charge on any atom is -0.395 e. The first-order chi connectivity index (χ1) is 8.08. The van der Waals surface area contributed by atoms with Gasteiger partial charge in [0, 0.05) is 32.4 Å². The molecule has 0 atom stereocenters. The number of nitrogens with two attached hydrogens (primary N) is 1. The van der Waals surface area contributed by atoms with E-state index in [1.54, 1.807) is 23.0 Å². The van der Waals surface area contributed by atoms with Gasteiger partial charge in [0.1, 0.15) is 5.82 Å². The van der Waals surface area contributed by atoms with Crippen molar-refractivity contribution in [3.8, 4) is 0 Å². The standard InChI is InChI=1S/C12H15FN4/c1-16(7-9-6-15-17(2)8-9)11-5-3-4-10(13)12(11)14/h3-6,8H,7,14H2,1-2H3. The summed E-state index contributed by atoms with van der Waals surface area (Å²) < 4.78 is 15.0. The third-order valence-electron chi connectivity index (χ3n) is 2.62. The van der Waals surface area contributed by atoms with Crippen LogP contribution >= 0.6 is 0 Å². The summed E-state index contributed by atoms with van der Waals surface area (Å²) in [6.07, 6.45) is 3.71. The van der Waals surface area contributed by atoms with Crippen molar-refractivity contribution in [2.24, 2.45) is 7.05 Å². The number of para-hydroxylation sites is 1. The van der Waals surface area contributed by atoms with E-state index in [-0.39, 0.29) is 11.5 Å². The van der Waals surface area contributed by atoms with Crippen LogP contribution in [0.1, 0.15) is 5.56 Å². The summed E-state index contributed by atoms with van der Waals surface area (Å²) >= 11 is 0. The van der Waals surface area contributed by atoms with E-state index in [0.717, 1.165) is 5.56 Å². The van der Waals surface area contributed by atoms with Crippen LogP contribution in [0.15, 0.2) is 30.6 Å². The van der Waals surface area contributed by atoms with Crippen molar-refractivity contribution < 1.29 is 4.39 Å². The second kappa shape index (κ2) is 4.45. The summed E-state index contributed by atoms with van der Waals surface area (Å²) in [5.74, 6) is -0.388. The molecule has 1 aromatic heterocycles. The quantitative estimate of drug-likeness (QED) is 0.823. The summed E-state index contributed by atoms with van der Waals surface area (Å²) in [7, 11) is 3.73. The molecule has 0 aliphatic rings. The molecule has 5 heteroatoms. The Morgan fingerprint density at radius 1 is 1.47 bits per heavy atom. The van der Waals surface area contributed by atoms with Crippen molar-refractivity contribution in [2.75, 3.05) is 17.7 Å². The Bertz CT molecular complexity index is 521. The lowest BCUT2D eigenvalue weighted by molar-refractivity contribution is 0.632. The molecule has 0 saturated heterocycles. The molecule has 4 nitrogen and oxygen atoms in total. The number of anilines is 2. The van der Waals surface area contributed by atoms with Gasteiger partial charge in [-0.05, 0) is 12.1 Å². The summed E-state index contributed by atoms with van der Waals surface area (Å²) in [6, 6.07) is 4.81. The van der Waals surface area contributed by atoms with E-state index >= 15 is 0 Å². The largest absolute Gasteiger partial charge is 0.395 e. The van der Waals surface area contributed by atoms with Gasteiger partial charge in [-0.25, -0.2) is 4.39 Å². The maximum atomic E-state index is 13.3. The van der Waals surface area contributed by atoms with Gasteiger partial charge in [0.2, 0.25) is 0 Å². The number of rotatable bonds is 3. The highest BCUT2D eigenvalue weighted by molar-refractivity contribution is 5.67. The highest BCUT2D eigenvalue weighted by Gasteiger charge is 2.09. The molecule has 2 rings (SSSR count). The molecule has 0 saturated carbocycles. The normalized spacial score (nSPS) is 10.5. The number of halogens is 1. The van der Waals surface area contributed by atoms with Crippen molar-refractivity contribution in [3.05, 3.63) is 42.0 Å². The predicted molar refractivity (Wildman–Crippen MR) is 66.1 cm³/mol. The van der Waals surface area contributed by atoms with E-state index in [2.05, 4.69) is 5.10 Å². The molecule has 1 aromatic carbocycles. The first-order valence-electron chi connectivity index (χ1n) is 5.30. The third kappa shape index (κ3) is 2.38. The van der Waals surface area contributed by atoms with Gasteiger partial charge in [0.15, 0.2) is 0 Å². The van der Waals surface area contributed by atoms with Gasteiger partial charge in [-0.15, -0.1) is 0 Å². The fraction of sp³-hybridized carbons (Fsp3) is 0.250. The van der Waals surface area contributed by atoms with Crippen molar-refractivity contribution in [1.82, 2.24) is 9.78 Å². The zero-order chi connectivity index (χ0) is 12.4. The highest BCUT2D eigenvalue weighted by Crippen LogP contribution is 2.25. The molecule has 0 amide bonds. The topological polar surface area (TPSA) is 47.1 Å². The number of hydrogen-bond acceptors (Lipinski definition) is 3. The Morgan fingerprint density at radius 2 is 2.24 bits per heavy atom. The lowest BCUT2D eigenvalue weighted by Gasteiger charge is -2.20. The number of aromatic nitrogens is 2. The Labute approximate surface area is 99.5 Å². The maximum absolute atomic E-state index is 13.3. The molecule has 0 aliphatic heterocycles. The summed E-state index contributed by atoms with van der Waals surface area (Å²) in [5.41, 5.74) is 7.63. The van der Waals surface area contributed by atoms with Crippen LogP contribution in [0.3, 0.4) is 0 Å². The number of nitrogen functional groups attached to an aromatic ring is 1. The van der Waals surface area contributed by atoms with Gasteiger partial charge in [0.05, 0.1) is 17.6 Å². The predicted octanol–water partition coefficient (Wildman–Crippen LogP) is 1.78. The SMILES string of the molecule is CN(Cc1cnn(C)c1)c1cccc(F)c1N. The molecule has 0 spiro atoms. The first kappa shape index (κ1) is 11.4. The lowest BCUT2D eigenvalue weighted by Crippen LogP contribution is -2.18. The molecular weight excluding hydrogens is 219 g/mol. The van der Waals surface area contributed by atoms with Crippen LogP contribution in [0, 0.1) is 5.82 Å². The van der Waals surface area contributed by atoms with Crippen molar-refractivity contribution >= 4 is 11.4 Å². The Kier molecular flexibility index (Phi) is 2.99. The Hall–Kier alpha value is -2.04. The number of aryl methyl sites for hydroxylation is 1. The molecule has 17 heavy (non-hydrogen) atoms. The molecular formula is C12H15FN4. The number of nitrogens with zero attached hydrogens (tertiary/aromatic N) is 3. The minimum atomic E-state index is -0.388. The lowest BCUT2D eigenvalue weighted by atomic mass is 10.2. The van der Waals surface area contributed by atoms with Crippen molar-refractivity contribution in [2.45, 2.75) is 6.54 Å². The van der Waals surface area contributed by atoms with Crippen LogP contribution in [0.4, 0.5) is 15.8 Å². The molecule has 2 aromatic rings. The average molecular weight is 234 g/mol. The van der Waals surface area contributed by atoms with Gasteiger partial charge < -0.3 is 10.6 Å². The number of benzene rings is 1. The van der Waals surface area contributed by atoms with E-state index in [0.29, 0.717) is 12.2 Å². The van der Waals surface area contributed by atoms with Crippen LogP contribution in [0.2, 0.25) is 0 Å². The molecule has 0 bridgehead atoms. The van der Waals surface area contributed by atoms with Crippen LogP contribution < -0.4 is 10.6 Å². The molecule has 0 fully saturated rings. The van der Waals surface area contributed by atoms with Crippen LogP contribution in [-0.4, -0.2) is 16.8 Å². The van der Waals surface area contributed by atoms with Gasteiger partial charge in [-0.2, -0.15) is 5.10 Å².